The first kappa shape index (κ1) is 17.7. The Hall–Kier alpha value is -1.36. The van der Waals surface area contributed by atoms with Gasteiger partial charge in [0.25, 0.3) is 5.91 Å². The Morgan fingerprint density at radius 2 is 2.00 bits per heavy atom. The van der Waals surface area contributed by atoms with E-state index in [1.807, 2.05) is 39.0 Å². The third kappa shape index (κ3) is 6.29. The second-order valence-corrected chi connectivity index (χ2v) is 6.64. The highest BCUT2D eigenvalue weighted by molar-refractivity contribution is 9.10. The Bertz CT molecular complexity index is 514. The van der Waals surface area contributed by atoms with Crippen molar-refractivity contribution in [3.63, 3.8) is 0 Å². The van der Waals surface area contributed by atoms with Crippen molar-refractivity contribution in [1.82, 2.24) is 5.32 Å². The molecule has 0 heterocycles. The predicted octanol–water partition coefficient (Wildman–Crippen LogP) is 3.62. The van der Waals surface area contributed by atoms with Crippen LogP contribution in [0, 0.1) is 18.8 Å². The lowest BCUT2D eigenvalue weighted by Gasteiger charge is -2.18. The number of carbonyl (C=O) groups excluding carboxylic acids is 1. The van der Waals surface area contributed by atoms with Crippen LogP contribution in [0.4, 0.5) is 0 Å². The molecule has 1 atom stereocenters. The zero-order chi connectivity index (χ0) is 16.0. The standard InChI is InChI=1S/C16H22BrNO3/c1-10(2)6-12(8-15(19)20)9-18-16(21)13-7-11(3)4-5-14(13)17/h4-5,7,10,12H,6,8-9H2,1-3H3,(H,18,21)(H,19,20). The number of hydrogen-bond acceptors (Lipinski definition) is 2. The normalized spacial score (nSPS) is 12.2. The van der Waals surface area contributed by atoms with E-state index >= 15 is 0 Å². The first-order valence-electron chi connectivity index (χ1n) is 7.05. The van der Waals surface area contributed by atoms with E-state index in [4.69, 9.17) is 5.11 Å². The maximum absolute atomic E-state index is 12.2. The molecule has 1 amide bonds. The van der Waals surface area contributed by atoms with Gasteiger partial charge >= 0.3 is 5.97 Å². The molecule has 0 saturated heterocycles. The number of carboxylic acids is 1. The summed E-state index contributed by atoms with van der Waals surface area (Å²) < 4.78 is 0.740. The van der Waals surface area contributed by atoms with Crippen LogP contribution in [0.5, 0.6) is 0 Å². The second-order valence-electron chi connectivity index (χ2n) is 5.79. The van der Waals surface area contributed by atoms with E-state index in [0.29, 0.717) is 18.0 Å². The molecular weight excluding hydrogens is 334 g/mol. The number of aryl methyl sites for hydroxylation is 1. The molecule has 0 fully saturated rings. The van der Waals surface area contributed by atoms with E-state index in [0.717, 1.165) is 16.5 Å². The average Bonchev–Trinajstić information content (AvgIpc) is 2.37. The van der Waals surface area contributed by atoms with Crippen LogP contribution in [-0.4, -0.2) is 23.5 Å². The Morgan fingerprint density at radius 1 is 1.33 bits per heavy atom. The van der Waals surface area contributed by atoms with Gasteiger partial charge in [-0.15, -0.1) is 0 Å². The number of carbonyl (C=O) groups is 2. The summed E-state index contributed by atoms with van der Waals surface area (Å²) in [6.45, 7) is 6.40. The highest BCUT2D eigenvalue weighted by Crippen LogP contribution is 2.19. The fraction of sp³-hybridized carbons (Fsp3) is 0.500. The Morgan fingerprint density at radius 3 is 2.57 bits per heavy atom. The van der Waals surface area contributed by atoms with E-state index in [1.54, 1.807) is 0 Å². The maximum atomic E-state index is 12.2. The minimum Gasteiger partial charge on any atom is -0.481 e. The molecule has 0 aliphatic carbocycles. The fourth-order valence-electron chi connectivity index (χ4n) is 2.30. The van der Waals surface area contributed by atoms with E-state index in [-0.39, 0.29) is 18.2 Å². The Labute approximate surface area is 134 Å². The highest BCUT2D eigenvalue weighted by Gasteiger charge is 2.17. The lowest BCUT2D eigenvalue weighted by atomic mass is 9.94. The molecule has 0 saturated carbocycles. The van der Waals surface area contributed by atoms with Crippen molar-refractivity contribution in [2.24, 2.45) is 11.8 Å². The third-order valence-electron chi connectivity index (χ3n) is 3.19. The van der Waals surface area contributed by atoms with Gasteiger partial charge in [-0.2, -0.15) is 0 Å². The van der Waals surface area contributed by atoms with Gasteiger partial charge in [0.2, 0.25) is 0 Å². The molecule has 0 spiro atoms. The average molecular weight is 356 g/mol. The number of hydrogen-bond donors (Lipinski definition) is 2. The number of benzene rings is 1. The van der Waals surface area contributed by atoms with E-state index in [1.165, 1.54) is 0 Å². The minimum atomic E-state index is -0.827. The first-order chi connectivity index (χ1) is 9.79. The van der Waals surface area contributed by atoms with Crippen molar-refractivity contribution in [3.8, 4) is 0 Å². The summed E-state index contributed by atoms with van der Waals surface area (Å²) in [5.41, 5.74) is 1.58. The molecule has 1 unspecified atom stereocenters. The second kappa shape index (κ2) is 8.17. The van der Waals surface area contributed by atoms with Gasteiger partial charge in [-0.25, -0.2) is 0 Å². The minimum absolute atomic E-state index is 0.0463. The first-order valence-corrected chi connectivity index (χ1v) is 7.85. The molecule has 116 valence electrons. The number of nitrogens with one attached hydrogen (secondary N) is 1. The van der Waals surface area contributed by atoms with Gasteiger partial charge in [-0.1, -0.05) is 25.5 Å². The zero-order valence-electron chi connectivity index (χ0n) is 12.6. The van der Waals surface area contributed by atoms with Crippen molar-refractivity contribution in [3.05, 3.63) is 33.8 Å². The number of amides is 1. The zero-order valence-corrected chi connectivity index (χ0v) is 14.2. The number of halogens is 1. The quantitative estimate of drug-likeness (QED) is 0.784. The molecule has 0 aliphatic rings. The van der Waals surface area contributed by atoms with Crippen LogP contribution in [0.25, 0.3) is 0 Å². The molecule has 2 N–H and O–H groups in total. The molecule has 1 aromatic rings. The van der Waals surface area contributed by atoms with Crippen molar-refractivity contribution >= 4 is 27.8 Å². The van der Waals surface area contributed by atoms with Crippen molar-refractivity contribution in [2.75, 3.05) is 6.54 Å². The lowest BCUT2D eigenvalue weighted by molar-refractivity contribution is -0.138. The van der Waals surface area contributed by atoms with Crippen LogP contribution in [-0.2, 0) is 4.79 Å². The van der Waals surface area contributed by atoms with Gasteiger partial charge in [0.1, 0.15) is 0 Å². The summed E-state index contributed by atoms with van der Waals surface area (Å²) in [6, 6.07) is 5.58. The van der Waals surface area contributed by atoms with Crippen molar-refractivity contribution < 1.29 is 14.7 Å². The Balaban J connectivity index is 2.68. The predicted molar refractivity (Wildman–Crippen MR) is 86.4 cm³/mol. The van der Waals surface area contributed by atoms with Gasteiger partial charge in [0.15, 0.2) is 0 Å². The van der Waals surface area contributed by atoms with Gasteiger partial charge in [0, 0.05) is 17.4 Å². The summed E-state index contributed by atoms with van der Waals surface area (Å²) in [6.07, 6.45) is 0.856. The molecule has 0 aliphatic heterocycles. The number of aliphatic carboxylic acids is 1. The number of rotatable bonds is 7. The van der Waals surface area contributed by atoms with Crippen LogP contribution in [0.3, 0.4) is 0 Å². The lowest BCUT2D eigenvalue weighted by Crippen LogP contribution is -2.31. The van der Waals surface area contributed by atoms with Gasteiger partial charge in [-0.3, -0.25) is 9.59 Å². The summed E-state index contributed by atoms with van der Waals surface area (Å²) in [7, 11) is 0. The van der Waals surface area contributed by atoms with Crippen molar-refractivity contribution in [1.29, 1.82) is 0 Å². The monoisotopic (exact) mass is 355 g/mol. The molecule has 0 aromatic heterocycles. The molecule has 5 heteroatoms. The molecule has 0 bridgehead atoms. The SMILES string of the molecule is Cc1ccc(Br)c(C(=O)NCC(CC(=O)O)CC(C)C)c1. The van der Waals surface area contributed by atoms with E-state index in [9.17, 15) is 9.59 Å². The molecule has 1 aromatic carbocycles. The van der Waals surface area contributed by atoms with Gasteiger partial charge in [0.05, 0.1) is 5.56 Å². The smallest absolute Gasteiger partial charge is 0.303 e. The maximum Gasteiger partial charge on any atom is 0.303 e. The van der Waals surface area contributed by atoms with Crippen LogP contribution >= 0.6 is 15.9 Å². The van der Waals surface area contributed by atoms with Crippen molar-refractivity contribution in [2.45, 2.75) is 33.6 Å². The number of carboxylic acid groups (broad SMARTS) is 1. The summed E-state index contributed by atoms with van der Waals surface area (Å²) in [4.78, 5) is 23.1. The highest BCUT2D eigenvalue weighted by atomic mass is 79.9. The summed E-state index contributed by atoms with van der Waals surface area (Å²) >= 11 is 3.36. The fourth-order valence-corrected chi connectivity index (χ4v) is 2.72. The molecule has 4 nitrogen and oxygen atoms in total. The molecule has 0 radical (unpaired) electrons. The largest absolute Gasteiger partial charge is 0.481 e. The van der Waals surface area contributed by atoms with E-state index in [2.05, 4.69) is 21.2 Å². The van der Waals surface area contributed by atoms with Crippen LogP contribution in [0.15, 0.2) is 22.7 Å². The summed E-state index contributed by atoms with van der Waals surface area (Å²) in [5.74, 6) is -0.650. The molecular formula is C16H22BrNO3. The topological polar surface area (TPSA) is 66.4 Å². The summed E-state index contributed by atoms with van der Waals surface area (Å²) in [5, 5.41) is 11.8. The van der Waals surface area contributed by atoms with Crippen LogP contribution < -0.4 is 5.32 Å². The van der Waals surface area contributed by atoms with Gasteiger partial charge in [-0.05, 0) is 53.2 Å². The molecule has 1 rings (SSSR count). The van der Waals surface area contributed by atoms with E-state index < -0.39 is 5.97 Å². The third-order valence-corrected chi connectivity index (χ3v) is 3.88. The van der Waals surface area contributed by atoms with Crippen LogP contribution in [0.1, 0.15) is 42.6 Å². The molecule has 21 heavy (non-hydrogen) atoms. The van der Waals surface area contributed by atoms with Crippen LogP contribution in [0.2, 0.25) is 0 Å². The Kier molecular flexibility index (Phi) is 6.89. The van der Waals surface area contributed by atoms with Gasteiger partial charge < -0.3 is 10.4 Å².